The number of carboxylic acids is 2. The van der Waals surface area contributed by atoms with Crippen LogP contribution in [0.25, 0.3) is 0 Å². The van der Waals surface area contributed by atoms with E-state index in [9.17, 15) is 9.59 Å². The maximum atomic E-state index is 9.93. The maximum Gasteiger partial charge on any atom is 0.306 e. The first-order valence-electron chi connectivity index (χ1n) is 4.97. The first kappa shape index (κ1) is 16.3. The number of aliphatic carboxylic acids is 2. The SMILES string of the molecule is CCC(C)C(=O)O.CCOCCC(=O)O. The average Bonchev–Trinajstić information content (AvgIpc) is 2.17. The molecule has 0 spiro atoms. The molecule has 2 N–H and O–H groups in total. The minimum Gasteiger partial charge on any atom is -0.481 e. The van der Waals surface area contributed by atoms with E-state index in [1.54, 1.807) is 6.92 Å². The molecule has 15 heavy (non-hydrogen) atoms. The van der Waals surface area contributed by atoms with Crippen LogP contribution in [0.1, 0.15) is 33.6 Å². The Morgan fingerprint density at radius 1 is 1.27 bits per heavy atom. The van der Waals surface area contributed by atoms with Crippen LogP contribution in [0.15, 0.2) is 0 Å². The summed E-state index contributed by atoms with van der Waals surface area (Å²) in [7, 11) is 0. The summed E-state index contributed by atoms with van der Waals surface area (Å²) in [6.07, 6.45) is 0.823. The van der Waals surface area contributed by atoms with E-state index in [0.29, 0.717) is 13.2 Å². The summed E-state index contributed by atoms with van der Waals surface area (Å²) in [5.41, 5.74) is 0. The lowest BCUT2D eigenvalue weighted by Gasteiger charge is -1.96. The second-order valence-corrected chi connectivity index (χ2v) is 2.99. The minimum absolute atomic E-state index is 0.105. The largest absolute Gasteiger partial charge is 0.481 e. The number of hydrogen-bond donors (Lipinski definition) is 2. The van der Waals surface area contributed by atoms with Gasteiger partial charge in [-0.3, -0.25) is 9.59 Å². The van der Waals surface area contributed by atoms with Crippen molar-refractivity contribution in [2.45, 2.75) is 33.6 Å². The van der Waals surface area contributed by atoms with Gasteiger partial charge in [0.25, 0.3) is 0 Å². The second kappa shape index (κ2) is 11.0. The number of carboxylic acid groups (broad SMARTS) is 2. The van der Waals surface area contributed by atoms with Gasteiger partial charge in [-0.1, -0.05) is 13.8 Å². The molecule has 0 saturated heterocycles. The van der Waals surface area contributed by atoms with Gasteiger partial charge in [0.15, 0.2) is 0 Å². The van der Waals surface area contributed by atoms with Crippen molar-refractivity contribution >= 4 is 11.9 Å². The monoisotopic (exact) mass is 220 g/mol. The van der Waals surface area contributed by atoms with Gasteiger partial charge < -0.3 is 14.9 Å². The molecule has 0 aliphatic carbocycles. The molecule has 5 nitrogen and oxygen atoms in total. The molecule has 0 radical (unpaired) electrons. The average molecular weight is 220 g/mol. The van der Waals surface area contributed by atoms with Gasteiger partial charge in [0.2, 0.25) is 0 Å². The lowest BCUT2D eigenvalue weighted by molar-refractivity contribution is -0.141. The Morgan fingerprint density at radius 2 is 1.80 bits per heavy atom. The molecular weight excluding hydrogens is 200 g/mol. The van der Waals surface area contributed by atoms with Gasteiger partial charge in [0.1, 0.15) is 0 Å². The maximum absolute atomic E-state index is 9.93. The molecule has 0 bridgehead atoms. The molecule has 0 aromatic rings. The van der Waals surface area contributed by atoms with Crippen LogP contribution < -0.4 is 0 Å². The van der Waals surface area contributed by atoms with E-state index in [0.717, 1.165) is 6.42 Å². The van der Waals surface area contributed by atoms with Crippen LogP contribution in [-0.2, 0) is 14.3 Å². The smallest absolute Gasteiger partial charge is 0.306 e. The van der Waals surface area contributed by atoms with Crippen molar-refractivity contribution in [1.82, 2.24) is 0 Å². The van der Waals surface area contributed by atoms with Crippen molar-refractivity contribution < 1.29 is 24.5 Å². The molecule has 90 valence electrons. The number of hydrogen-bond acceptors (Lipinski definition) is 3. The lowest BCUT2D eigenvalue weighted by atomic mass is 10.1. The minimum atomic E-state index is -0.807. The van der Waals surface area contributed by atoms with Gasteiger partial charge in [0.05, 0.1) is 18.9 Å². The van der Waals surface area contributed by atoms with Gasteiger partial charge >= 0.3 is 11.9 Å². The Labute approximate surface area is 90.1 Å². The summed E-state index contributed by atoms with van der Waals surface area (Å²) in [4.78, 5) is 19.7. The van der Waals surface area contributed by atoms with Gasteiger partial charge in [-0.05, 0) is 13.3 Å². The van der Waals surface area contributed by atoms with E-state index in [4.69, 9.17) is 14.9 Å². The van der Waals surface area contributed by atoms with Crippen molar-refractivity contribution in [1.29, 1.82) is 0 Å². The van der Waals surface area contributed by atoms with E-state index in [1.165, 1.54) is 0 Å². The normalized spacial score (nSPS) is 11.1. The quantitative estimate of drug-likeness (QED) is 0.664. The number of rotatable bonds is 6. The molecule has 0 amide bonds. The molecule has 1 unspecified atom stereocenters. The third-order valence-corrected chi connectivity index (χ3v) is 1.70. The van der Waals surface area contributed by atoms with E-state index in [-0.39, 0.29) is 12.3 Å². The Balaban J connectivity index is 0. The highest BCUT2D eigenvalue weighted by Gasteiger charge is 2.05. The lowest BCUT2D eigenvalue weighted by Crippen LogP contribution is -2.06. The Hall–Kier alpha value is -1.10. The first-order chi connectivity index (χ1) is 6.95. The highest BCUT2D eigenvalue weighted by atomic mass is 16.5. The number of carbonyl (C=O) groups is 2. The van der Waals surface area contributed by atoms with Crippen LogP contribution >= 0.6 is 0 Å². The van der Waals surface area contributed by atoms with Crippen LogP contribution in [0.2, 0.25) is 0 Å². The van der Waals surface area contributed by atoms with Gasteiger partial charge in [-0.25, -0.2) is 0 Å². The predicted octanol–water partition coefficient (Wildman–Crippen LogP) is 1.61. The van der Waals surface area contributed by atoms with Crippen LogP contribution in [0.5, 0.6) is 0 Å². The third-order valence-electron chi connectivity index (χ3n) is 1.70. The fourth-order valence-electron chi connectivity index (χ4n) is 0.478. The van der Waals surface area contributed by atoms with E-state index in [2.05, 4.69) is 0 Å². The third kappa shape index (κ3) is 15.6. The summed E-state index contributed by atoms with van der Waals surface area (Å²) in [5.74, 6) is -1.69. The molecular formula is C10H20O5. The predicted molar refractivity (Wildman–Crippen MR) is 55.8 cm³/mol. The van der Waals surface area contributed by atoms with E-state index < -0.39 is 11.9 Å². The molecule has 0 aliphatic heterocycles. The second-order valence-electron chi connectivity index (χ2n) is 2.99. The van der Waals surface area contributed by atoms with Gasteiger partial charge in [-0.2, -0.15) is 0 Å². The van der Waals surface area contributed by atoms with Crippen LogP contribution in [0.4, 0.5) is 0 Å². The topological polar surface area (TPSA) is 83.8 Å². The van der Waals surface area contributed by atoms with Crippen molar-refractivity contribution in [3.63, 3.8) is 0 Å². The molecule has 0 aromatic carbocycles. The molecule has 0 aromatic heterocycles. The van der Waals surface area contributed by atoms with Gasteiger partial charge in [-0.15, -0.1) is 0 Å². The zero-order chi connectivity index (χ0) is 12.3. The fourth-order valence-corrected chi connectivity index (χ4v) is 0.478. The fraction of sp³-hybridized carbons (Fsp3) is 0.800. The summed E-state index contributed by atoms with van der Waals surface area (Å²) < 4.78 is 4.76. The highest BCUT2D eigenvalue weighted by Crippen LogP contribution is 1.97. The molecule has 0 aliphatic rings. The molecule has 0 heterocycles. The Bertz CT molecular complexity index is 179. The van der Waals surface area contributed by atoms with Crippen LogP contribution in [-0.4, -0.2) is 35.4 Å². The van der Waals surface area contributed by atoms with Crippen LogP contribution in [0, 0.1) is 5.92 Å². The summed E-state index contributed by atoms with van der Waals surface area (Å²) in [6.45, 7) is 6.31. The summed E-state index contributed by atoms with van der Waals surface area (Å²) in [6, 6.07) is 0. The molecule has 0 rings (SSSR count). The number of ether oxygens (including phenoxy) is 1. The van der Waals surface area contributed by atoms with E-state index in [1.807, 2.05) is 13.8 Å². The summed E-state index contributed by atoms with van der Waals surface area (Å²) in [5, 5.41) is 16.2. The van der Waals surface area contributed by atoms with Crippen molar-refractivity contribution in [3.05, 3.63) is 0 Å². The highest BCUT2D eigenvalue weighted by molar-refractivity contribution is 5.69. The van der Waals surface area contributed by atoms with Crippen LogP contribution in [0.3, 0.4) is 0 Å². The first-order valence-corrected chi connectivity index (χ1v) is 4.97. The Morgan fingerprint density at radius 3 is 2.00 bits per heavy atom. The molecule has 5 heteroatoms. The summed E-state index contributed by atoms with van der Waals surface area (Å²) >= 11 is 0. The van der Waals surface area contributed by atoms with Crippen molar-refractivity contribution in [2.24, 2.45) is 5.92 Å². The molecule has 0 fully saturated rings. The Kier molecular flexibility index (Phi) is 12.0. The zero-order valence-corrected chi connectivity index (χ0v) is 9.52. The van der Waals surface area contributed by atoms with Gasteiger partial charge in [0, 0.05) is 6.61 Å². The standard InChI is InChI=1S/C5H10O3.C5H10O2/c1-2-8-4-3-5(6)7;1-3-4(2)5(6)7/h2-4H2,1H3,(H,6,7);4H,3H2,1-2H3,(H,6,7). The molecule has 0 saturated carbocycles. The zero-order valence-electron chi connectivity index (χ0n) is 9.52. The van der Waals surface area contributed by atoms with Crippen molar-refractivity contribution in [2.75, 3.05) is 13.2 Å². The van der Waals surface area contributed by atoms with E-state index >= 15 is 0 Å². The molecule has 1 atom stereocenters. The van der Waals surface area contributed by atoms with Crippen molar-refractivity contribution in [3.8, 4) is 0 Å².